The molecule has 1 aliphatic rings. The zero-order chi connectivity index (χ0) is 11.7. The summed E-state index contributed by atoms with van der Waals surface area (Å²) in [4.78, 5) is 14.1. The Morgan fingerprint density at radius 1 is 1.56 bits per heavy atom. The molecule has 2 amide bonds. The maximum Gasteiger partial charge on any atom is 0.317 e. The van der Waals surface area contributed by atoms with Crippen molar-refractivity contribution >= 4 is 17.4 Å². The second kappa shape index (κ2) is 4.43. The van der Waals surface area contributed by atoms with E-state index >= 15 is 0 Å². The van der Waals surface area contributed by atoms with E-state index in [0.717, 1.165) is 16.9 Å². The molecule has 0 aromatic carbocycles. The Morgan fingerprint density at radius 2 is 2.31 bits per heavy atom. The highest BCUT2D eigenvalue weighted by molar-refractivity contribution is 7.10. The molecule has 2 rings (SSSR count). The van der Waals surface area contributed by atoms with Crippen LogP contribution in [0.1, 0.15) is 35.4 Å². The lowest BCUT2D eigenvalue weighted by atomic mass is 9.92. The largest absolute Gasteiger partial charge is 0.388 e. The Hall–Kier alpha value is -1.07. The Labute approximate surface area is 98.9 Å². The molecule has 4 nitrogen and oxygen atoms in total. The molecule has 16 heavy (non-hydrogen) atoms. The van der Waals surface area contributed by atoms with Gasteiger partial charge in [-0.1, -0.05) is 0 Å². The molecule has 1 aliphatic carbocycles. The maximum atomic E-state index is 11.6. The molecular formula is C11H16N2O2S. The summed E-state index contributed by atoms with van der Waals surface area (Å²) in [5.41, 5.74) is 1.07. The molecule has 2 unspecified atom stereocenters. The molecule has 0 aliphatic heterocycles. The standard InChI is InChI=1S/C11H16N2O2S/c1-13(2)11(15)12-8-3-4-9(14)10-7(8)5-6-16-10/h5-6,8-9,14H,3-4H2,1-2H3,(H,12,15). The van der Waals surface area contributed by atoms with E-state index in [-0.39, 0.29) is 18.2 Å². The summed E-state index contributed by atoms with van der Waals surface area (Å²) in [6.07, 6.45) is 1.15. The van der Waals surface area contributed by atoms with Crippen LogP contribution in [0.4, 0.5) is 4.79 Å². The number of carbonyl (C=O) groups excluding carboxylic acids is 1. The Morgan fingerprint density at radius 3 is 3.00 bits per heavy atom. The molecule has 5 heteroatoms. The zero-order valence-electron chi connectivity index (χ0n) is 9.43. The first-order valence-electron chi connectivity index (χ1n) is 5.32. The molecule has 0 spiro atoms. The van der Waals surface area contributed by atoms with Gasteiger partial charge in [-0.15, -0.1) is 11.3 Å². The van der Waals surface area contributed by atoms with Crippen molar-refractivity contribution in [2.24, 2.45) is 0 Å². The van der Waals surface area contributed by atoms with Gasteiger partial charge in [0.25, 0.3) is 0 Å². The van der Waals surface area contributed by atoms with E-state index in [0.29, 0.717) is 6.42 Å². The Kier molecular flexibility index (Phi) is 3.16. The molecule has 1 heterocycles. The van der Waals surface area contributed by atoms with Crippen LogP contribution < -0.4 is 5.32 Å². The number of carbonyl (C=O) groups is 1. The summed E-state index contributed by atoms with van der Waals surface area (Å²) < 4.78 is 0. The van der Waals surface area contributed by atoms with Gasteiger partial charge in [0.05, 0.1) is 12.1 Å². The van der Waals surface area contributed by atoms with Crippen molar-refractivity contribution in [3.05, 3.63) is 21.9 Å². The summed E-state index contributed by atoms with van der Waals surface area (Å²) >= 11 is 1.56. The van der Waals surface area contributed by atoms with Gasteiger partial charge >= 0.3 is 6.03 Å². The molecule has 0 fully saturated rings. The number of thiophene rings is 1. The van der Waals surface area contributed by atoms with Gasteiger partial charge in [-0.05, 0) is 29.9 Å². The van der Waals surface area contributed by atoms with Gasteiger partial charge in [0, 0.05) is 19.0 Å². The number of nitrogens with zero attached hydrogens (tertiary/aromatic N) is 1. The highest BCUT2D eigenvalue weighted by Crippen LogP contribution is 2.39. The van der Waals surface area contributed by atoms with Gasteiger partial charge < -0.3 is 15.3 Å². The summed E-state index contributed by atoms with van der Waals surface area (Å²) in [5, 5.41) is 14.7. The lowest BCUT2D eigenvalue weighted by Crippen LogP contribution is -2.38. The predicted octanol–water partition coefficient (Wildman–Crippen LogP) is 1.89. The molecule has 1 aromatic rings. The average Bonchev–Trinajstić information content (AvgIpc) is 2.71. The minimum atomic E-state index is -0.359. The summed E-state index contributed by atoms with van der Waals surface area (Å²) in [6.45, 7) is 0. The second-order valence-corrected chi connectivity index (χ2v) is 5.18. The van der Waals surface area contributed by atoms with E-state index in [1.54, 1.807) is 25.4 Å². The third kappa shape index (κ3) is 2.05. The van der Waals surface area contributed by atoms with E-state index in [4.69, 9.17) is 0 Å². The number of urea groups is 1. The number of hydrogen-bond acceptors (Lipinski definition) is 3. The quantitative estimate of drug-likeness (QED) is 0.787. The lowest BCUT2D eigenvalue weighted by Gasteiger charge is -2.27. The average molecular weight is 240 g/mol. The monoisotopic (exact) mass is 240 g/mol. The van der Waals surface area contributed by atoms with Crippen LogP contribution in [-0.2, 0) is 0 Å². The first kappa shape index (κ1) is 11.4. The zero-order valence-corrected chi connectivity index (χ0v) is 10.3. The van der Waals surface area contributed by atoms with Crippen LogP contribution in [0.3, 0.4) is 0 Å². The van der Waals surface area contributed by atoms with Crippen molar-refractivity contribution in [2.45, 2.75) is 25.0 Å². The minimum Gasteiger partial charge on any atom is -0.388 e. The van der Waals surface area contributed by atoms with E-state index < -0.39 is 0 Å². The molecule has 0 saturated carbocycles. The molecule has 0 saturated heterocycles. The van der Waals surface area contributed by atoms with Crippen molar-refractivity contribution in [3.63, 3.8) is 0 Å². The van der Waals surface area contributed by atoms with Crippen molar-refractivity contribution < 1.29 is 9.90 Å². The Bertz CT molecular complexity index is 389. The van der Waals surface area contributed by atoms with Crippen LogP contribution in [0.5, 0.6) is 0 Å². The fourth-order valence-corrected chi connectivity index (χ4v) is 2.91. The second-order valence-electron chi connectivity index (χ2n) is 4.23. The third-order valence-corrected chi connectivity index (χ3v) is 3.87. The minimum absolute atomic E-state index is 0.0412. The number of rotatable bonds is 1. The molecule has 2 N–H and O–H groups in total. The van der Waals surface area contributed by atoms with Crippen molar-refractivity contribution in [2.75, 3.05) is 14.1 Å². The van der Waals surface area contributed by atoms with Gasteiger partial charge in [0.1, 0.15) is 0 Å². The van der Waals surface area contributed by atoms with Gasteiger partial charge in [0.15, 0.2) is 0 Å². The van der Waals surface area contributed by atoms with E-state index in [9.17, 15) is 9.90 Å². The summed E-state index contributed by atoms with van der Waals surface area (Å²) in [5.74, 6) is 0. The fraction of sp³-hybridized carbons (Fsp3) is 0.545. The predicted molar refractivity (Wildman–Crippen MR) is 63.5 cm³/mol. The number of hydrogen-bond donors (Lipinski definition) is 2. The van der Waals surface area contributed by atoms with Crippen LogP contribution in [-0.4, -0.2) is 30.1 Å². The van der Waals surface area contributed by atoms with E-state index in [1.165, 1.54) is 4.90 Å². The van der Waals surface area contributed by atoms with Gasteiger partial charge in [-0.25, -0.2) is 4.79 Å². The van der Waals surface area contributed by atoms with Crippen molar-refractivity contribution in [3.8, 4) is 0 Å². The smallest absolute Gasteiger partial charge is 0.317 e. The topological polar surface area (TPSA) is 52.6 Å². The number of aliphatic hydroxyl groups excluding tert-OH is 1. The number of amides is 2. The molecular weight excluding hydrogens is 224 g/mol. The summed E-state index contributed by atoms with van der Waals surface area (Å²) in [6, 6.07) is 1.95. The first-order valence-corrected chi connectivity index (χ1v) is 6.20. The number of aliphatic hydroxyl groups is 1. The molecule has 0 bridgehead atoms. The highest BCUT2D eigenvalue weighted by atomic mass is 32.1. The molecule has 88 valence electrons. The molecule has 2 atom stereocenters. The molecule has 0 radical (unpaired) electrons. The maximum absolute atomic E-state index is 11.6. The van der Waals surface area contributed by atoms with Crippen LogP contribution in [0.25, 0.3) is 0 Å². The molecule has 1 aromatic heterocycles. The highest BCUT2D eigenvalue weighted by Gasteiger charge is 2.28. The first-order chi connectivity index (χ1) is 7.59. The van der Waals surface area contributed by atoms with Crippen LogP contribution in [0.15, 0.2) is 11.4 Å². The van der Waals surface area contributed by atoms with Crippen molar-refractivity contribution in [1.82, 2.24) is 10.2 Å². The van der Waals surface area contributed by atoms with Crippen LogP contribution in [0.2, 0.25) is 0 Å². The fourth-order valence-electron chi connectivity index (χ4n) is 1.93. The van der Waals surface area contributed by atoms with Gasteiger partial charge in [-0.3, -0.25) is 0 Å². The van der Waals surface area contributed by atoms with E-state index in [1.807, 2.05) is 11.4 Å². The SMILES string of the molecule is CN(C)C(=O)NC1CCC(O)c2sccc21. The lowest BCUT2D eigenvalue weighted by molar-refractivity contribution is 0.149. The Balaban J connectivity index is 2.14. The number of nitrogens with one attached hydrogen (secondary N) is 1. The van der Waals surface area contributed by atoms with Crippen LogP contribution >= 0.6 is 11.3 Å². The number of fused-ring (bicyclic) bond motifs is 1. The van der Waals surface area contributed by atoms with E-state index in [2.05, 4.69) is 5.32 Å². The van der Waals surface area contributed by atoms with Gasteiger partial charge in [0.2, 0.25) is 0 Å². The van der Waals surface area contributed by atoms with Gasteiger partial charge in [-0.2, -0.15) is 0 Å². The summed E-state index contributed by atoms with van der Waals surface area (Å²) in [7, 11) is 3.45. The third-order valence-electron chi connectivity index (χ3n) is 2.84. The van der Waals surface area contributed by atoms with Crippen molar-refractivity contribution in [1.29, 1.82) is 0 Å². The van der Waals surface area contributed by atoms with Crippen LogP contribution in [0, 0.1) is 0 Å². The normalized spacial score (nSPS) is 23.7.